The molecule has 2 unspecified atom stereocenters. The van der Waals surface area contributed by atoms with Gasteiger partial charge in [-0.25, -0.2) is 0 Å². The predicted molar refractivity (Wildman–Crippen MR) is 104 cm³/mol. The van der Waals surface area contributed by atoms with Gasteiger partial charge in [0.05, 0.1) is 0 Å². The van der Waals surface area contributed by atoms with E-state index in [1.165, 1.54) is 0 Å². The topological polar surface area (TPSA) is 61.4 Å². The van der Waals surface area contributed by atoms with Crippen molar-refractivity contribution in [3.8, 4) is 0 Å². The molecule has 2 atom stereocenters. The lowest BCUT2D eigenvalue weighted by atomic mass is 10.0. The van der Waals surface area contributed by atoms with Crippen molar-refractivity contribution in [2.24, 2.45) is 5.92 Å². The van der Waals surface area contributed by atoms with Crippen molar-refractivity contribution in [3.05, 3.63) is 30.3 Å². The predicted octanol–water partition coefficient (Wildman–Crippen LogP) is 3.06. The van der Waals surface area contributed by atoms with Crippen molar-refractivity contribution in [1.82, 2.24) is 10.2 Å². The molecule has 0 spiro atoms. The van der Waals surface area contributed by atoms with Crippen LogP contribution in [-0.2, 0) is 9.59 Å². The molecular formula is C19H30ClN3O2. The van der Waals surface area contributed by atoms with Crippen LogP contribution in [0.15, 0.2) is 30.3 Å². The second-order valence-corrected chi connectivity index (χ2v) is 6.52. The molecule has 2 rings (SSSR count). The van der Waals surface area contributed by atoms with Gasteiger partial charge in [-0.2, -0.15) is 0 Å². The standard InChI is InChI=1S/C19H29N3O2.ClH/c1-3-13-22(18(23)10-9-16-11-12-20-14-16)15(2)19(24)21-17-7-5-4-6-8-17;/h4-8,15-16,20H,3,9-14H2,1-2H3,(H,21,24);1H. The van der Waals surface area contributed by atoms with Crippen LogP contribution in [0.1, 0.15) is 39.5 Å². The summed E-state index contributed by atoms with van der Waals surface area (Å²) in [5.41, 5.74) is 0.760. The van der Waals surface area contributed by atoms with Crippen LogP contribution in [0.5, 0.6) is 0 Å². The quantitative estimate of drug-likeness (QED) is 0.742. The van der Waals surface area contributed by atoms with E-state index in [4.69, 9.17) is 0 Å². The fraction of sp³-hybridized carbons (Fsp3) is 0.579. The number of hydrogen-bond donors (Lipinski definition) is 2. The Balaban J connectivity index is 0.00000312. The molecule has 5 nitrogen and oxygen atoms in total. The number of nitrogens with zero attached hydrogens (tertiary/aromatic N) is 1. The Morgan fingerprint density at radius 3 is 2.64 bits per heavy atom. The summed E-state index contributed by atoms with van der Waals surface area (Å²) in [6.07, 6.45) is 3.42. The zero-order valence-corrected chi connectivity index (χ0v) is 16.0. The first kappa shape index (κ1) is 21.5. The van der Waals surface area contributed by atoms with Gasteiger partial charge >= 0.3 is 0 Å². The molecule has 0 bridgehead atoms. The van der Waals surface area contributed by atoms with E-state index in [-0.39, 0.29) is 24.2 Å². The molecule has 0 aromatic heterocycles. The first-order valence-corrected chi connectivity index (χ1v) is 8.98. The fourth-order valence-electron chi connectivity index (χ4n) is 3.12. The van der Waals surface area contributed by atoms with Crippen LogP contribution >= 0.6 is 12.4 Å². The van der Waals surface area contributed by atoms with E-state index >= 15 is 0 Å². The molecule has 2 N–H and O–H groups in total. The van der Waals surface area contributed by atoms with E-state index in [0.717, 1.165) is 38.0 Å². The van der Waals surface area contributed by atoms with Gasteiger partial charge in [-0.1, -0.05) is 25.1 Å². The highest BCUT2D eigenvalue weighted by atomic mass is 35.5. The lowest BCUT2D eigenvalue weighted by Crippen LogP contribution is -2.46. The van der Waals surface area contributed by atoms with E-state index in [2.05, 4.69) is 10.6 Å². The summed E-state index contributed by atoms with van der Waals surface area (Å²) in [6, 6.07) is 8.91. The minimum atomic E-state index is -0.459. The maximum Gasteiger partial charge on any atom is 0.246 e. The number of nitrogens with one attached hydrogen (secondary N) is 2. The average Bonchev–Trinajstić information content (AvgIpc) is 3.11. The van der Waals surface area contributed by atoms with Crippen LogP contribution in [0.4, 0.5) is 5.69 Å². The molecule has 6 heteroatoms. The largest absolute Gasteiger partial charge is 0.331 e. The van der Waals surface area contributed by atoms with Gasteiger partial charge in [0.1, 0.15) is 6.04 Å². The molecule has 1 fully saturated rings. The molecule has 0 saturated carbocycles. The maximum absolute atomic E-state index is 12.6. The summed E-state index contributed by atoms with van der Waals surface area (Å²) in [7, 11) is 0. The minimum Gasteiger partial charge on any atom is -0.331 e. The Labute approximate surface area is 157 Å². The van der Waals surface area contributed by atoms with Crippen molar-refractivity contribution in [1.29, 1.82) is 0 Å². The summed E-state index contributed by atoms with van der Waals surface area (Å²) >= 11 is 0. The summed E-state index contributed by atoms with van der Waals surface area (Å²) in [6.45, 7) is 6.51. The molecule has 1 aliphatic heterocycles. The second-order valence-electron chi connectivity index (χ2n) is 6.52. The highest BCUT2D eigenvalue weighted by Gasteiger charge is 2.26. The number of carbonyl (C=O) groups excluding carboxylic acids is 2. The molecular weight excluding hydrogens is 338 g/mol. The van der Waals surface area contributed by atoms with Crippen molar-refractivity contribution < 1.29 is 9.59 Å². The van der Waals surface area contributed by atoms with Crippen LogP contribution < -0.4 is 10.6 Å². The molecule has 25 heavy (non-hydrogen) atoms. The number of hydrogen-bond acceptors (Lipinski definition) is 3. The third-order valence-electron chi connectivity index (χ3n) is 4.60. The molecule has 140 valence electrons. The van der Waals surface area contributed by atoms with Gasteiger partial charge in [-0.05, 0) is 57.3 Å². The van der Waals surface area contributed by atoms with Crippen LogP contribution in [0.2, 0.25) is 0 Å². The van der Waals surface area contributed by atoms with E-state index in [0.29, 0.717) is 18.9 Å². The summed E-state index contributed by atoms with van der Waals surface area (Å²) in [4.78, 5) is 26.8. The van der Waals surface area contributed by atoms with E-state index in [1.807, 2.05) is 44.2 Å². The minimum absolute atomic E-state index is 0. The molecule has 1 aliphatic rings. The number of halogens is 1. The third-order valence-corrected chi connectivity index (χ3v) is 4.60. The van der Waals surface area contributed by atoms with Crippen molar-refractivity contribution in [2.45, 2.75) is 45.6 Å². The molecule has 1 saturated heterocycles. The monoisotopic (exact) mass is 367 g/mol. The van der Waals surface area contributed by atoms with Crippen LogP contribution in [-0.4, -0.2) is 42.4 Å². The van der Waals surface area contributed by atoms with Gasteiger partial charge in [0.25, 0.3) is 0 Å². The summed E-state index contributed by atoms with van der Waals surface area (Å²) < 4.78 is 0. The molecule has 2 amide bonds. The van der Waals surface area contributed by atoms with Crippen LogP contribution in [0.25, 0.3) is 0 Å². The Morgan fingerprint density at radius 2 is 2.04 bits per heavy atom. The Kier molecular flexibility index (Phi) is 9.53. The first-order chi connectivity index (χ1) is 11.6. The number of benzene rings is 1. The zero-order valence-electron chi connectivity index (χ0n) is 15.2. The second kappa shape index (κ2) is 11.1. The zero-order chi connectivity index (χ0) is 17.4. The number of carbonyl (C=O) groups is 2. The molecule has 1 heterocycles. The SMILES string of the molecule is CCCN(C(=O)CCC1CCNC1)C(C)C(=O)Nc1ccccc1.Cl. The third kappa shape index (κ3) is 6.67. The molecule has 0 aliphatic carbocycles. The first-order valence-electron chi connectivity index (χ1n) is 8.98. The van der Waals surface area contributed by atoms with Gasteiger partial charge in [-0.3, -0.25) is 9.59 Å². The summed E-state index contributed by atoms with van der Waals surface area (Å²) in [5.74, 6) is 0.538. The van der Waals surface area contributed by atoms with Gasteiger partial charge in [0.2, 0.25) is 11.8 Å². The van der Waals surface area contributed by atoms with Gasteiger partial charge in [-0.15, -0.1) is 12.4 Å². The lowest BCUT2D eigenvalue weighted by Gasteiger charge is -2.28. The van der Waals surface area contributed by atoms with Crippen LogP contribution in [0, 0.1) is 5.92 Å². The Bertz CT molecular complexity index is 533. The highest BCUT2D eigenvalue weighted by Crippen LogP contribution is 2.17. The number of rotatable bonds is 8. The number of amides is 2. The highest BCUT2D eigenvalue weighted by molar-refractivity contribution is 5.96. The van der Waals surface area contributed by atoms with E-state index in [1.54, 1.807) is 4.90 Å². The van der Waals surface area contributed by atoms with Crippen molar-refractivity contribution in [3.63, 3.8) is 0 Å². The van der Waals surface area contributed by atoms with Crippen LogP contribution in [0.3, 0.4) is 0 Å². The fourth-order valence-corrected chi connectivity index (χ4v) is 3.12. The van der Waals surface area contributed by atoms with E-state index in [9.17, 15) is 9.59 Å². The van der Waals surface area contributed by atoms with E-state index < -0.39 is 6.04 Å². The van der Waals surface area contributed by atoms with Crippen molar-refractivity contribution in [2.75, 3.05) is 25.0 Å². The molecule has 1 aromatic rings. The smallest absolute Gasteiger partial charge is 0.246 e. The van der Waals surface area contributed by atoms with Gasteiger partial charge < -0.3 is 15.5 Å². The lowest BCUT2D eigenvalue weighted by molar-refractivity contribution is -0.138. The van der Waals surface area contributed by atoms with Crippen molar-refractivity contribution >= 4 is 29.9 Å². The average molecular weight is 368 g/mol. The Hall–Kier alpha value is -1.59. The molecule has 0 radical (unpaired) electrons. The molecule has 1 aromatic carbocycles. The normalized spacial score (nSPS) is 17.4. The maximum atomic E-state index is 12.6. The Morgan fingerprint density at radius 1 is 1.32 bits per heavy atom. The summed E-state index contributed by atoms with van der Waals surface area (Å²) in [5, 5.41) is 6.22. The number of anilines is 1. The van der Waals surface area contributed by atoms with Gasteiger partial charge in [0, 0.05) is 18.7 Å². The van der Waals surface area contributed by atoms with Gasteiger partial charge in [0.15, 0.2) is 0 Å². The number of para-hydroxylation sites is 1.